The summed E-state index contributed by atoms with van der Waals surface area (Å²) in [5.74, 6) is -0.511. The van der Waals surface area contributed by atoms with E-state index in [1.165, 1.54) is 26.3 Å². The number of rotatable bonds is 6. The second kappa shape index (κ2) is 9.71. The van der Waals surface area contributed by atoms with E-state index >= 15 is 0 Å². The summed E-state index contributed by atoms with van der Waals surface area (Å²) in [5, 5.41) is 6.74. The summed E-state index contributed by atoms with van der Waals surface area (Å²) in [6.45, 7) is 5.93. The van der Waals surface area contributed by atoms with Gasteiger partial charge in [-0.2, -0.15) is 9.40 Å². The van der Waals surface area contributed by atoms with E-state index in [9.17, 15) is 13.2 Å². The molecular formula is C25H32N6O3S. The van der Waals surface area contributed by atoms with Gasteiger partial charge in [-0.3, -0.25) is 9.48 Å². The molecule has 1 fully saturated rings. The fraction of sp³-hybridized carbons (Fsp3) is 0.360. The van der Waals surface area contributed by atoms with Crippen LogP contribution >= 0.6 is 0 Å². The van der Waals surface area contributed by atoms with Crippen molar-refractivity contribution in [2.45, 2.75) is 18.9 Å². The van der Waals surface area contributed by atoms with Crippen LogP contribution < -0.4 is 15.1 Å². The SMILES string of the molecule is Cc1cccc(N2CCN(S(=O)(=O)c3nn(C)cc3C(=O)Nc3ccc(N(C)C)cc3)CC2)c1C. The summed E-state index contributed by atoms with van der Waals surface area (Å²) < 4.78 is 29.8. The number of piperazine rings is 1. The van der Waals surface area contributed by atoms with E-state index in [2.05, 4.69) is 41.3 Å². The van der Waals surface area contributed by atoms with Gasteiger partial charge in [-0.15, -0.1) is 0 Å². The summed E-state index contributed by atoms with van der Waals surface area (Å²) in [6.07, 6.45) is 1.45. The van der Waals surface area contributed by atoms with Crippen LogP contribution in [0.25, 0.3) is 0 Å². The first-order valence-electron chi connectivity index (χ1n) is 11.5. The first kappa shape index (κ1) is 24.7. The molecule has 1 N–H and O–H groups in total. The van der Waals surface area contributed by atoms with Crippen molar-refractivity contribution < 1.29 is 13.2 Å². The third-order valence-corrected chi connectivity index (χ3v) is 8.26. The van der Waals surface area contributed by atoms with Crippen molar-refractivity contribution in [2.75, 3.05) is 55.4 Å². The van der Waals surface area contributed by atoms with Crippen LogP contribution in [-0.4, -0.2) is 68.7 Å². The lowest BCUT2D eigenvalue weighted by atomic mass is 10.1. The molecule has 0 spiro atoms. The zero-order chi connectivity index (χ0) is 25.3. The highest BCUT2D eigenvalue weighted by molar-refractivity contribution is 7.89. The van der Waals surface area contributed by atoms with Gasteiger partial charge in [0.15, 0.2) is 0 Å². The number of anilines is 3. The third-order valence-electron chi connectivity index (χ3n) is 6.42. The van der Waals surface area contributed by atoms with Gasteiger partial charge in [-0.1, -0.05) is 12.1 Å². The highest BCUT2D eigenvalue weighted by Gasteiger charge is 2.34. The number of aryl methyl sites for hydroxylation is 2. The number of nitrogens with zero attached hydrogens (tertiary/aromatic N) is 5. The van der Waals surface area contributed by atoms with E-state index in [0.717, 1.165) is 11.4 Å². The summed E-state index contributed by atoms with van der Waals surface area (Å²) in [6, 6.07) is 13.5. The fourth-order valence-corrected chi connectivity index (χ4v) is 5.77. The molecule has 3 aromatic rings. The quantitative estimate of drug-likeness (QED) is 0.564. The van der Waals surface area contributed by atoms with Gasteiger partial charge in [0.1, 0.15) is 0 Å². The molecule has 186 valence electrons. The number of aromatic nitrogens is 2. The molecule has 2 heterocycles. The molecule has 0 atom stereocenters. The third kappa shape index (κ3) is 5.03. The number of carbonyl (C=O) groups excluding carboxylic acids is 1. The highest BCUT2D eigenvalue weighted by atomic mass is 32.2. The van der Waals surface area contributed by atoms with Gasteiger partial charge in [0.2, 0.25) is 5.03 Å². The standard InChI is InChI=1S/C25H32N6O3S/c1-18-7-6-8-23(19(18)2)30-13-15-31(16-14-30)35(33,34)25-22(17-29(5)27-25)24(32)26-20-9-11-21(12-10-20)28(3)4/h6-12,17H,13-16H2,1-5H3,(H,26,32). The van der Waals surface area contributed by atoms with E-state index in [1.54, 1.807) is 19.2 Å². The molecule has 35 heavy (non-hydrogen) atoms. The molecule has 0 aliphatic carbocycles. The summed E-state index contributed by atoms with van der Waals surface area (Å²) in [4.78, 5) is 17.2. The number of nitrogens with one attached hydrogen (secondary N) is 1. The largest absolute Gasteiger partial charge is 0.378 e. The molecule has 9 nitrogen and oxygen atoms in total. The number of sulfonamides is 1. The Morgan fingerprint density at radius 3 is 2.29 bits per heavy atom. The number of carbonyl (C=O) groups is 1. The lowest BCUT2D eigenvalue weighted by Crippen LogP contribution is -2.49. The van der Waals surface area contributed by atoms with Crippen LogP contribution in [0.1, 0.15) is 21.5 Å². The zero-order valence-corrected chi connectivity index (χ0v) is 21.6. The predicted molar refractivity (Wildman–Crippen MR) is 139 cm³/mol. The number of benzene rings is 2. The zero-order valence-electron chi connectivity index (χ0n) is 20.8. The topological polar surface area (TPSA) is 90.8 Å². The molecular weight excluding hydrogens is 464 g/mol. The van der Waals surface area contributed by atoms with Crippen LogP contribution in [0.15, 0.2) is 53.7 Å². The van der Waals surface area contributed by atoms with Crippen LogP contribution in [0.2, 0.25) is 0 Å². The summed E-state index contributed by atoms with van der Waals surface area (Å²) in [7, 11) is 1.53. The number of amides is 1. The Bertz CT molecular complexity index is 1320. The van der Waals surface area contributed by atoms with Gasteiger partial charge < -0.3 is 15.1 Å². The molecule has 10 heteroatoms. The average Bonchev–Trinajstić information content (AvgIpc) is 3.24. The predicted octanol–water partition coefficient (Wildman–Crippen LogP) is 2.87. The van der Waals surface area contributed by atoms with Crippen molar-refractivity contribution in [3.63, 3.8) is 0 Å². The van der Waals surface area contributed by atoms with Crippen molar-refractivity contribution in [3.05, 3.63) is 65.4 Å². The minimum absolute atomic E-state index is 0.0288. The molecule has 0 unspecified atom stereocenters. The maximum absolute atomic E-state index is 13.5. The second-order valence-corrected chi connectivity index (χ2v) is 10.9. The van der Waals surface area contributed by atoms with Crippen molar-refractivity contribution in [3.8, 4) is 0 Å². The first-order chi connectivity index (χ1) is 16.6. The Balaban J connectivity index is 1.51. The molecule has 2 aromatic carbocycles. The fourth-order valence-electron chi connectivity index (χ4n) is 4.23. The average molecular weight is 497 g/mol. The molecule has 1 aliphatic rings. The monoisotopic (exact) mass is 496 g/mol. The second-order valence-electron chi connectivity index (χ2n) is 9.03. The van der Waals surface area contributed by atoms with Crippen molar-refractivity contribution in [1.29, 1.82) is 0 Å². The minimum atomic E-state index is -3.94. The van der Waals surface area contributed by atoms with Gasteiger partial charge in [-0.05, 0) is 55.3 Å². The molecule has 1 amide bonds. The van der Waals surface area contributed by atoms with Crippen LogP contribution in [0, 0.1) is 13.8 Å². The molecule has 1 saturated heterocycles. The van der Waals surface area contributed by atoms with Gasteiger partial charge >= 0.3 is 0 Å². The minimum Gasteiger partial charge on any atom is -0.378 e. The van der Waals surface area contributed by atoms with E-state index in [1.807, 2.05) is 37.2 Å². The summed E-state index contributed by atoms with van der Waals surface area (Å²) in [5.41, 5.74) is 5.13. The molecule has 4 rings (SSSR count). The first-order valence-corrected chi connectivity index (χ1v) is 13.0. The van der Waals surface area contributed by atoms with Gasteiger partial charge in [0.05, 0.1) is 5.56 Å². The number of hydrogen-bond donors (Lipinski definition) is 1. The lowest BCUT2D eigenvalue weighted by molar-refractivity contribution is 0.102. The molecule has 0 saturated carbocycles. The summed E-state index contributed by atoms with van der Waals surface area (Å²) >= 11 is 0. The lowest BCUT2D eigenvalue weighted by Gasteiger charge is -2.36. The molecule has 0 radical (unpaired) electrons. The Morgan fingerprint density at radius 1 is 1.00 bits per heavy atom. The van der Waals surface area contributed by atoms with Crippen molar-refractivity contribution in [1.82, 2.24) is 14.1 Å². The van der Waals surface area contributed by atoms with Gasteiger partial charge in [0.25, 0.3) is 15.9 Å². The van der Waals surface area contributed by atoms with E-state index < -0.39 is 15.9 Å². The number of hydrogen-bond acceptors (Lipinski definition) is 6. The van der Waals surface area contributed by atoms with Crippen LogP contribution in [0.4, 0.5) is 17.1 Å². The van der Waals surface area contributed by atoms with Crippen molar-refractivity contribution in [2.24, 2.45) is 7.05 Å². The molecule has 0 bridgehead atoms. The van der Waals surface area contributed by atoms with Gasteiger partial charge in [0, 0.05) is 70.6 Å². The Hall–Kier alpha value is -3.37. The smallest absolute Gasteiger partial charge is 0.263 e. The van der Waals surface area contributed by atoms with Crippen LogP contribution in [-0.2, 0) is 17.1 Å². The van der Waals surface area contributed by atoms with Crippen LogP contribution in [0.5, 0.6) is 0 Å². The Kier molecular flexibility index (Phi) is 6.86. The van der Waals surface area contributed by atoms with E-state index in [4.69, 9.17) is 0 Å². The van der Waals surface area contributed by atoms with Crippen LogP contribution in [0.3, 0.4) is 0 Å². The molecule has 1 aromatic heterocycles. The normalized spacial score (nSPS) is 14.7. The molecule has 1 aliphatic heterocycles. The Morgan fingerprint density at radius 2 is 1.66 bits per heavy atom. The van der Waals surface area contributed by atoms with E-state index in [0.29, 0.717) is 31.9 Å². The van der Waals surface area contributed by atoms with E-state index in [-0.39, 0.29) is 10.6 Å². The highest BCUT2D eigenvalue weighted by Crippen LogP contribution is 2.26. The maximum Gasteiger partial charge on any atom is 0.263 e. The van der Waals surface area contributed by atoms with Gasteiger partial charge in [-0.25, -0.2) is 8.42 Å². The van der Waals surface area contributed by atoms with Crippen molar-refractivity contribution >= 4 is 33.0 Å². The Labute approximate surface area is 207 Å². The maximum atomic E-state index is 13.5.